The molecule has 2 aromatic heterocycles. The summed E-state index contributed by atoms with van der Waals surface area (Å²) < 4.78 is 1.18. The second-order valence-electron chi connectivity index (χ2n) is 5.75. The largest absolute Gasteiger partial charge is 0.344 e. The zero-order chi connectivity index (χ0) is 16.7. The third-order valence-electron chi connectivity index (χ3n) is 4.07. The summed E-state index contributed by atoms with van der Waals surface area (Å²) in [5.74, 6) is 0.0563. The lowest BCUT2D eigenvalue weighted by Gasteiger charge is -2.39. The summed E-state index contributed by atoms with van der Waals surface area (Å²) in [6.07, 6.45) is 0.716. The van der Waals surface area contributed by atoms with Crippen molar-refractivity contribution in [2.75, 3.05) is 18.0 Å². The Hall–Kier alpha value is -2.12. The molecule has 0 unspecified atom stereocenters. The van der Waals surface area contributed by atoms with Crippen molar-refractivity contribution in [2.24, 2.45) is 0 Å². The number of anilines is 1. The molecule has 0 bridgehead atoms. The fourth-order valence-corrected chi connectivity index (χ4v) is 3.95. The van der Waals surface area contributed by atoms with Gasteiger partial charge in [0.05, 0.1) is 22.0 Å². The van der Waals surface area contributed by atoms with Crippen LogP contribution in [0.5, 0.6) is 0 Å². The minimum absolute atomic E-state index is 0.0958. The third kappa shape index (κ3) is 2.74. The van der Waals surface area contributed by atoms with E-state index < -0.39 is 0 Å². The van der Waals surface area contributed by atoms with Crippen LogP contribution in [0.2, 0.25) is 5.15 Å². The maximum atomic E-state index is 12.2. The number of imidazole rings is 1. The van der Waals surface area contributed by atoms with E-state index in [0.29, 0.717) is 11.6 Å². The normalized spacial score (nSPS) is 14.8. The molecule has 1 amide bonds. The monoisotopic (exact) mass is 361 g/mol. The van der Waals surface area contributed by atoms with Gasteiger partial charge in [-0.1, -0.05) is 42.0 Å². The van der Waals surface area contributed by atoms with Gasteiger partial charge in [-0.25, -0.2) is 9.97 Å². The summed E-state index contributed by atoms with van der Waals surface area (Å²) >= 11 is 7.65. The molecule has 0 aliphatic carbocycles. The Bertz CT molecular complexity index is 866. The van der Waals surface area contributed by atoms with Gasteiger partial charge in [-0.3, -0.25) is 4.79 Å². The van der Waals surface area contributed by atoms with E-state index in [0.717, 1.165) is 29.4 Å². The van der Waals surface area contributed by atoms with E-state index in [1.54, 1.807) is 11.3 Å². The SMILES string of the molecule is CCc1[nH]c(C(=O)NC2CN(c3nc4ccccc4s3)C2)nc1Cl. The van der Waals surface area contributed by atoms with Crippen LogP contribution >= 0.6 is 22.9 Å². The number of H-pyrrole nitrogens is 1. The molecule has 8 heteroatoms. The van der Waals surface area contributed by atoms with E-state index in [1.165, 1.54) is 4.70 Å². The second kappa shape index (κ2) is 6.07. The summed E-state index contributed by atoms with van der Waals surface area (Å²) in [4.78, 5) is 26.1. The number of aromatic amines is 1. The quantitative estimate of drug-likeness (QED) is 0.749. The maximum Gasteiger partial charge on any atom is 0.287 e. The number of hydrogen-bond acceptors (Lipinski definition) is 5. The Kier molecular flexibility index (Phi) is 3.90. The van der Waals surface area contributed by atoms with E-state index in [4.69, 9.17) is 11.6 Å². The molecule has 2 N–H and O–H groups in total. The number of halogens is 1. The number of carbonyl (C=O) groups is 1. The van der Waals surface area contributed by atoms with Gasteiger partial charge in [0.25, 0.3) is 5.91 Å². The first-order valence-corrected chi connectivity index (χ1v) is 8.99. The number of aromatic nitrogens is 3. The highest BCUT2D eigenvalue weighted by molar-refractivity contribution is 7.22. The van der Waals surface area contributed by atoms with Crippen molar-refractivity contribution in [3.63, 3.8) is 0 Å². The molecule has 1 aliphatic heterocycles. The first-order chi connectivity index (χ1) is 11.6. The number of carbonyl (C=O) groups excluding carboxylic acids is 1. The number of para-hydroxylation sites is 1. The number of nitrogens with one attached hydrogen (secondary N) is 2. The molecule has 4 rings (SSSR count). The van der Waals surface area contributed by atoms with Crippen molar-refractivity contribution in [3.05, 3.63) is 40.9 Å². The third-order valence-corrected chi connectivity index (χ3v) is 5.48. The average molecular weight is 362 g/mol. The van der Waals surface area contributed by atoms with Crippen LogP contribution in [0.4, 0.5) is 5.13 Å². The van der Waals surface area contributed by atoms with Crippen molar-refractivity contribution in [2.45, 2.75) is 19.4 Å². The fraction of sp³-hybridized carbons (Fsp3) is 0.312. The zero-order valence-corrected chi connectivity index (χ0v) is 14.6. The Labute approximate surface area is 147 Å². The van der Waals surface area contributed by atoms with Crippen molar-refractivity contribution >= 4 is 44.2 Å². The number of nitrogens with zero attached hydrogens (tertiary/aromatic N) is 3. The predicted molar refractivity (Wildman–Crippen MR) is 96.1 cm³/mol. The number of amides is 1. The highest BCUT2D eigenvalue weighted by Gasteiger charge is 2.31. The summed E-state index contributed by atoms with van der Waals surface area (Å²) in [6, 6.07) is 8.19. The minimum atomic E-state index is -0.217. The number of fused-ring (bicyclic) bond motifs is 1. The lowest BCUT2D eigenvalue weighted by Crippen LogP contribution is -2.59. The Morgan fingerprint density at radius 3 is 2.92 bits per heavy atom. The molecule has 0 spiro atoms. The molecule has 1 fully saturated rings. The van der Waals surface area contributed by atoms with Crippen LogP contribution < -0.4 is 10.2 Å². The van der Waals surface area contributed by atoms with Crippen molar-refractivity contribution in [1.29, 1.82) is 0 Å². The molecule has 6 nitrogen and oxygen atoms in total. The molecule has 0 atom stereocenters. The summed E-state index contributed by atoms with van der Waals surface area (Å²) in [5, 5.41) is 4.34. The average Bonchev–Trinajstić information content (AvgIpc) is 3.13. The lowest BCUT2D eigenvalue weighted by molar-refractivity contribution is 0.0920. The van der Waals surface area contributed by atoms with E-state index in [1.807, 2.05) is 25.1 Å². The molecule has 1 saturated heterocycles. The number of hydrogen-bond donors (Lipinski definition) is 2. The molecule has 3 heterocycles. The van der Waals surface area contributed by atoms with Gasteiger partial charge in [-0.05, 0) is 18.6 Å². The Morgan fingerprint density at radius 2 is 2.21 bits per heavy atom. The number of benzene rings is 1. The van der Waals surface area contributed by atoms with Gasteiger partial charge >= 0.3 is 0 Å². The first kappa shape index (κ1) is 15.4. The molecule has 1 aromatic carbocycles. The number of rotatable bonds is 4. The minimum Gasteiger partial charge on any atom is -0.344 e. The van der Waals surface area contributed by atoms with Gasteiger partial charge in [0.1, 0.15) is 0 Å². The zero-order valence-electron chi connectivity index (χ0n) is 13.0. The fourth-order valence-electron chi connectivity index (χ4n) is 2.71. The summed E-state index contributed by atoms with van der Waals surface area (Å²) in [7, 11) is 0. The maximum absolute atomic E-state index is 12.2. The molecule has 0 radical (unpaired) electrons. The van der Waals surface area contributed by atoms with Crippen molar-refractivity contribution < 1.29 is 4.79 Å². The van der Waals surface area contributed by atoms with Crippen LogP contribution in [-0.4, -0.2) is 40.0 Å². The smallest absolute Gasteiger partial charge is 0.287 e. The Balaban J connectivity index is 1.37. The highest BCUT2D eigenvalue weighted by atomic mass is 35.5. The molecule has 24 heavy (non-hydrogen) atoms. The number of thiazole rings is 1. The molecular weight excluding hydrogens is 346 g/mol. The lowest BCUT2D eigenvalue weighted by atomic mass is 10.1. The van der Waals surface area contributed by atoms with Gasteiger partial charge in [-0.15, -0.1) is 0 Å². The van der Waals surface area contributed by atoms with Gasteiger partial charge in [0, 0.05) is 13.1 Å². The Morgan fingerprint density at radius 1 is 1.42 bits per heavy atom. The molecule has 124 valence electrons. The van der Waals surface area contributed by atoms with Gasteiger partial charge < -0.3 is 15.2 Å². The van der Waals surface area contributed by atoms with Crippen LogP contribution in [0.3, 0.4) is 0 Å². The topological polar surface area (TPSA) is 73.9 Å². The van der Waals surface area contributed by atoms with E-state index >= 15 is 0 Å². The van der Waals surface area contributed by atoms with Gasteiger partial charge in [-0.2, -0.15) is 0 Å². The van der Waals surface area contributed by atoms with E-state index in [-0.39, 0.29) is 17.8 Å². The van der Waals surface area contributed by atoms with Crippen molar-refractivity contribution in [1.82, 2.24) is 20.3 Å². The van der Waals surface area contributed by atoms with Gasteiger partial charge in [0.15, 0.2) is 16.1 Å². The summed E-state index contributed by atoms with van der Waals surface area (Å²) in [5.41, 5.74) is 1.80. The van der Waals surface area contributed by atoms with Gasteiger partial charge in [0.2, 0.25) is 0 Å². The van der Waals surface area contributed by atoms with Crippen molar-refractivity contribution in [3.8, 4) is 0 Å². The van der Waals surface area contributed by atoms with Crippen LogP contribution in [-0.2, 0) is 6.42 Å². The second-order valence-corrected chi connectivity index (χ2v) is 7.11. The van der Waals surface area contributed by atoms with E-state index in [2.05, 4.69) is 31.2 Å². The van der Waals surface area contributed by atoms with E-state index in [9.17, 15) is 4.79 Å². The highest BCUT2D eigenvalue weighted by Crippen LogP contribution is 2.31. The standard InChI is InChI=1S/C16H16ClN5OS/c1-2-10-13(17)21-14(19-10)15(23)18-9-7-22(8-9)16-20-11-5-3-4-6-12(11)24-16/h3-6,9H,2,7-8H2,1H3,(H,18,23)(H,19,21). The number of aryl methyl sites for hydroxylation is 1. The van der Waals surface area contributed by atoms with Crippen LogP contribution in [0, 0.1) is 0 Å². The van der Waals surface area contributed by atoms with Crippen LogP contribution in [0.25, 0.3) is 10.2 Å². The molecular formula is C16H16ClN5OS. The predicted octanol–water partition coefficient (Wildman–Crippen LogP) is 2.85. The molecule has 1 aliphatic rings. The van der Waals surface area contributed by atoms with Crippen LogP contribution in [0.15, 0.2) is 24.3 Å². The summed E-state index contributed by atoms with van der Waals surface area (Å²) in [6.45, 7) is 3.46. The molecule has 0 saturated carbocycles. The molecule has 3 aromatic rings. The van der Waals surface area contributed by atoms with Crippen LogP contribution in [0.1, 0.15) is 23.2 Å². The first-order valence-electron chi connectivity index (χ1n) is 7.80.